The Morgan fingerprint density at radius 1 is 0.957 bits per heavy atom. The maximum absolute atomic E-state index is 13.0. The first-order valence-electron chi connectivity index (χ1n) is 16.5. The molecule has 2 saturated heterocycles. The number of thiophene rings is 1. The number of nitrogen functional groups attached to an aromatic ring is 1. The Bertz CT molecular complexity index is 1660. The average molecular weight is 657 g/mol. The molecule has 46 heavy (non-hydrogen) atoms. The molecule has 0 radical (unpaired) electrons. The number of hydrogen-bond donors (Lipinski definition) is 2. The number of piperazine rings is 1. The number of aryl methyl sites for hydroxylation is 2. The molecule has 5 heterocycles. The van der Waals surface area contributed by atoms with Gasteiger partial charge in [0.05, 0.1) is 11.8 Å². The van der Waals surface area contributed by atoms with Crippen LogP contribution in [0.15, 0.2) is 24.3 Å². The van der Waals surface area contributed by atoms with Crippen molar-refractivity contribution in [2.24, 2.45) is 0 Å². The van der Waals surface area contributed by atoms with Crippen LogP contribution in [0.3, 0.4) is 0 Å². The number of nitrogens with two attached hydrogens (primary N) is 1. The highest BCUT2D eigenvalue weighted by molar-refractivity contribution is 7.18. The zero-order valence-corrected chi connectivity index (χ0v) is 28.4. The summed E-state index contributed by atoms with van der Waals surface area (Å²) in [4.78, 5) is 16.9. The minimum absolute atomic E-state index is 0.0710. The van der Waals surface area contributed by atoms with Crippen molar-refractivity contribution >= 4 is 44.2 Å². The van der Waals surface area contributed by atoms with Crippen molar-refractivity contribution in [2.75, 3.05) is 50.3 Å². The van der Waals surface area contributed by atoms with Gasteiger partial charge in [0.1, 0.15) is 10.6 Å². The number of piperidine rings is 1. The van der Waals surface area contributed by atoms with Crippen LogP contribution < -0.4 is 11.1 Å². The molecule has 3 aromatic heterocycles. The van der Waals surface area contributed by atoms with Gasteiger partial charge in [0.2, 0.25) is 5.95 Å². The monoisotopic (exact) mass is 656 g/mol. The molecule has 4 aromatic rings. The van der Waals surface area contributed by atoms with Gasteiger partial charge in [0.15, 0.2) is 0 Å². The van der Waals surface area contributed by atoms with Crippen LogP contribution in [0.25, 0.3) is 21.1 Å². The highest BCUT2D eigenvalue weighted by Gasteiger charge is 2.30. The average Bonchev–Trinajstić information content (AvgIpc) is 3.54. The molecule has 1 aromatic carbocycles. The van der Waals surface area contributed by atoms with Gasteiger partial charge in [-0.1, -0.05) is 6.07 Å². The van der Waals surface area contributed by atoms with Crippen LogP contribution in [0.2, 0.25) is 0 Å². The fraction of sp³-hybridized carbons (Fsp3) is 0.588. The van der Waals surface area contributed by atoms with E-state index in [4.69, 9.17) is 5.73 Å². The smallest absolute Gasteiger partial charge is 0.368 e. The lowest BCUT2D eigenvalue weighted by atomic mass is 10.0. The second-order valence-electron chi connectivity index (χ2n) is 13.5. The van der Waals surface area contributed by atoms with Gasteiger partial charge >= 0.3 is 6.18 Å². The highest BCUT2D eigenvalue weighted by atomic mass is 32.1. The molecule has 6 rings (SSSR count). The van der Waals surface area contributed by atoms with Crippen LogP contribution in [-0.2, 0) is 19.5 Å². The first kappa shape index (κ1) is 33.0. The third kappa shape index (κ3) is 7.30. The van der Waals surface area contributed by atoms with E-state index in [1.165, 1.54) is 27.7 Å². The van der Waals surface area contributed by atoms with Gasteiger partial charge in [-0.25, -0.2) is 4.98 Å². The number of rotatable bonds is 9. The molecule has 2 fully saturated rings. The molecule has 2 aliphatic heterocycles. The van der Waals surface area contributed by atoms with E-state index in [-0.39, 0.29) is 16.9 Å². The van der Waals surface area contributed by atoms with Gasteiger partial charge in [-0.05, 0) is 76.8 Å². The summed E-state index contributed by atoms with van der Waals surface area (Å²) in [7, 11) is 0. The lowest BCUT2D eigenvalue weighted by Crippen LogP contribution is -2.52. The number of fused-ring (bicyclic) bond motifs is 2. The van der Waals surface area contributed by atoms with Crippen molar-refractivity contribution in [3.05, 3.63) is 46.0 Å². The van der Waals surface area contributed by atoms with Crippen LogP contribution >= 0.6 is 11.3 Å². The van der Waals surface area contributed by atoms with Gasteiger partial charge in [0, 0.05) is 92.0 Å². The Morgan fingerprint density at radius 3 is 2.33 bits per heavy atom. The van der Waals surface area contributed by atoms with Crippen LogP contribution in [-0.4, -0.2) is 92.8 Å². The Morgan fingerprint density at radius 2 is 1.65 bits per heavy atom. The fourth-order valence-corrected chi connectivity index (χ4v) is 8.26. The highest BCUT2D eigenvalue weighted by Crippen LogP contribution is 2.34. The van der Waals surface area contributed by atoms with Gasteiger partial charge in [-0.2, -0.15) is 18.2 Å². The summed E-state index contributed by atoms with van der Waals surface area (Å²) in [6, 6.07) is 9.77. The number of halogens is 3. The minimum atomic E-state index is -4.27. The van der Waals surface area contributed by atoms with Crippen molar-refractivity contribution in [3.8, 4) is 0 Å². The SMILES string of the molecule is Cc1c(CN2CCC(Nc3nc(N)nc4sc(CC(F)(F)F)cc34)CC2)ccc2c1cc(C)n2C[C@H](C)N1CCN(C(C)C)CC1. The van der Waals surface area contributed by atoms with Crippen LogP contribution in [0, 0.1) is 13.8 Å². The van der Waals surface area contributed by atoms with E-state index < -0.39 is 12.6 Å². The van der Waals surface area contributed by atoms with Gasteiger partial charge in [-0.15, -0.1) is 11.3 Å². The first-order chi connectivity index (χ1) is 21.8. The summed E-state index contributed by atoms with van der Waals surface area (Å²) >= 11 is 1.03. The zero-order chi connectivity index (χ0) is 32.7. The molecule has 0 unspecified atom stereocenters. The standard InChI is InChI=1S/C34H47F3N8S/c1-21(2)43-12-14-44(15-13-43)23(4)19-45-22(3)16-28-24(5)25(6-7-30(28)45)20-42-10-8-26(9-11-42)39-31-29-17-27(18-34(35,36)37)46-32(29)41-33(38)40-31/h6-7,16-17,21,23,26H,8-15,18-20H2,1-5H3,(H3,38,39,40,41)/t23-/m0/s1. The molecule has 0 spiro atoms. The number of benzene rings is 1. The van der Waals surface area contributed by atoms with E-state index in [0.29, 0.717) is 28.1 Å². The van der Waals surface area contributed by atoms with E-state index in [2.05, 4.69) is 87.4 Å². The summed E-state index contributed by atoms with van der Waals surface area (Å²) in [6.45, 7) is 19.7. The summed E-state index contributed by atoms with van der Waals surface area (Å²) in [5.74, 6) is 0.598. The van der Waals surface area contributed by atoms with E-state index in [1.807, 2.05) is 0 Å². The largest absolute Gasteiger partial charge is 0.393 e. The number of aromatic nitrogens is 3. The van der Waals surface area contributed by atoms with Crippen molar-refractivity contribution in [2.45, 2.75) is 91.3 Å². The number of likely N-dealkylation sites (tertiary alicyclic amines) is 1. The molecule has 3 N–H and O–H groups in total. The molecule has 0 amide bonds. The predicted octanol–water partition coefficient (Wildman–Crippen LogP) is 6.44. The van der Waals surface area contributed by atoms with E-state index in [1.54, 1.807) is 6.07 Å². The molecule has 0 bridgehead atoms. The summed E-state index contributed by atoms with van der Waals surface area (Å²) in [6.07, 6.45) is -3.43. The van der Waals surface area contributed by atoms with Crippen LogP contribution in [0.5, 0.6) is 0 Å². The third-order valence-electron chi connectivity index (χ3n) is 9.98. The van der Waals surface area contributed by atoms with Crippen LogP contribution in [0.4, 0.5) is 24.9 Å². The Labute approximate surface area is 273 Å². The molecule has 0 aliphatic carbocycles. The number of nitrogens with one attached hydrogen (secondary N) is 1. The molecule has 12 heteroatoms. The lowest BCUT2D eigenvalue weighted by molar-refractivity contribution is -0.126. The normalized spacial score (nSPS) is 18.7. The lowest BCUT2D eigenvalue weighted by Gasteiger charge is -2.40. The summed E-state index contributed by atoms with van der Waals surface area (Å²) in [5, 5.41) is 5.42. The van der Waals surface area contributed by atoms with E-state index >= 15 is 0 Å². The van der Waals surface area contributed by atoms with Gasteiger partial charge in [-0.3, -0.25) is 14.7 Å². The maximum Gasteiger partial charge on any atom is 0.393 e. The quantitative estimate of drug-likeness (QED) is 0.215. The molecular weight excluding hydrogens is 609 g/mol. The van der Waals surface area contributed by atoms with Gasteiger partial charge < -0.3 is 15.6 Å². The second kappa shape index (κ2) is 13.3. The molecule has 8 nitrogen and oxygen atoms in total. The van der Waals surface area contributed by atoms with Crippen LogP contribution in [0.1, 0.15) is 55.3 Å². The molecule has 1 atom stereocenters. The fourth-order valence-electron chi connectivity index (χ4n) is 7.19. The van der Waals surface area contributed by atoms with Crippen molar-refractivity contribution in [3.63, 3.8) is 0 Å². The van der Waals surface area contributed by atoms with E-state index in [0.717, 1.165) is 76.5 Å². The number of hydrogen-bond acceptors (Lipinski definition) is 8. The maximum atomic E-state index is 13.0. The first-order valence-corrected chi connectivity index (χ1v) is 17.3. The number of nitrogens with zero attached hydrogens (tertiary/aromatic N) is 6. The molecule has 2 aliphatic rings. The second-order valence-corrected chi connectivity index (χ2v) is 14.7. The number of anilines is 2. The molecule has 0 saturated carbocycles. The Balaban J connectivity index is 1.07. The summed E-state index contributed by atoms with van der Waals surface area (Å²) in [5.41, 5.74) is 11.3. The van der Waals surface area contributed by atoms with Gasteiger partial charge in [0.25, 0.3) is 0 Å². The van der Waals surface area contributed by atoms with Crippen molar-refractivity contribution < 1.29 is 13.2 Å². The predicted molar refractivity (Wildman–Crippen MR) is 183 cm³/mol. The minimum Gasteiger partial charge on any atom is -0.368 e. The Kier molecular flexibility index (Phi) is 9.53. The Hall–Kier alpha value is -2.93. The molecular formula is C34H47F3N8S. The summed E-state index contributed by atoms with van der Waals surface area (Å²) < 4.78 is 41.5. The third-order valence-corrected chi connectivity index (χ3v) is 11.0. The topological polar surface area (TPSA) is 78.5 Å². The zero-order valence-electron chi connectivity index (χ0n) is 27.6. The number of alkyl halides is 3. The van der Waals surface area contributed by atoms with Crippen molar-refractivity contribution in [1.82, 2.24) is 29.2 Å². The van der Waals surface area contributed by atoms with E-state index in [9.17, 15) is 13.2 Å². The van der Waals surface area contributed by atoms with Crippen molar-refractivity contribution in [1.29, 1.82) is 0 Å². The molecule has 250 valence electrons.